The van der Waals surface area contributed by atoms with E-state index in [1.54, 1.807) is 18.0 Å². The minimum atomic E-state index is -1.000. The lowest BCUT2D eigenvalue weighted by Crippen LogP contribution is -2.44. The van der Waals surface area contributed by atoms with Gasteiger partial charge in [-0.3, -0.25) is 4.79 Å². The summed E-state index contributed by atoms with van der Waals surface area (Å²) in [4.78, 5) is 13.6. The third-order valence-electron chi connectivity index (χ3n) is 3.70. The van der Waals surface area contributed by atoms with Crippen LogP contribution in [0.4, 0.5) is 4.39 Å². The molecular weight excluding hydrogens is 247 g/mol. The van der Waals surface area contributed by atoms with E-state index in [1.165, 1.54) is 0 Å². The molecule has 0 aliphatic carbocycles. The van der Waals surface area contributed by atoms with Crippen molar-refractivity contribution in [1.82, 2.24) is 10.2 Å². The first-order valence-corrected chi connectivity index (χ1v) is 6.55. The molecule has 0 saturated carbocycles. The predicted octanol–water partition coefficient (Wildman–Crippen LogP) is 1.35. The van der Waals surface area contributed by atoms with Gasteiger partial charge < -0.3 is 15.0 Å². The first-order valence-electron chi connectivity index (χ1n) is 6.55. The summed E-state index contributed by atoms with van der Waals surface area (Å²) in [6.07, 6.45) is -0.777. The molecular formula is C14H17FN2O2. The number of amides is 1. The van der Waals surface area contributed by atoms with Crippen molar-refractivity contribution in [3.8, 4) is 5.75 Å². The van der Waals surface area contributed by atoms with E-state index >= 15 is 0 Å². The van der Waals surface area contributed by atoms with Crippen molar-refractivity contribution >= 4 is 5.91 Å². The molecule has 1 saturated heterocycles. The summed E-state index contributed by atoms with van der Waals surface area (Å²) < 4.78 is 19.4. The molecule has 0 spiro atoms. The maximum atomic E-state index is 13.7. The lowest BCUT2D eigenvalue weighted by atomic mass is 10.1. The Labute approximate surface area is 111 Å². The molecule has 2 heterocycles. The van der Waals surface area contributed by atoms with Crippen molar-refractivity contribution in [2.75, 3.05) is 20.1 Å². The van der Waals surface area contributed by atoms with Crippen molar-refractivity contribution in [3.05, 3.63) is 29.3 Å². The molecule has 3 rings (SSSR count). The van der Waals surface area contributed by atoms with E-state index in [0.29, 0.717) is 30.8 Å². The first kappa shape index (κ1) is 12.4. The Morgan fingerprint density at radius 1 is 1.47 bits per heavy atom. The number of hydrogen-bond acceptors (Lipinski definition) is 3. The van der Waals surface area contributed by atoms with Crippen LogP contribution in [0.25, 0.3) is 0 Å². The molecule has 1 aromatic carbocycles. The Morgan fingerprint density at radius 2 is 2.32 bits per heavy atom. The Kier molecular flexibility index (Phi) is 3.14. The summed E-state index contributed by atoms with van der Waals surface area (Å²) >= 11 is 0. The maximum Gasteiger partial charge on any atom is 0.254 e. The fourth-order valence-electron chi connectivity index (χ4n) is 2.60. The van der Waals surface area contributed by atoms with Crippen LogP contribution in [0.1, 0.15) is 22.3 Å². The van der Waals surface area contributed by atoms with Crippen molar-refractivity contribution in [2.45, 2.75) is 25.2 Å². The van der Waals surface area contributed by atoms with Gasteiger partial charge in [0.05, 0.1) is 0 Å². The molecule has 1 fully saturated rings. The van der Waals surface area contributed by atoms with Gasteiger partial charge in [0.2, 0.25) is 0 Å². The van der Waals surface area contributed by atoms with E-state index in [2.05, 4.69) is 5.32 Å². The monoisotopic (exact) mass is 264 g/mol. The van der Waals surface area contributed by atoms with Gasteiger partial charge in [-0.2, -0.15) is 0 Å². The summed E-state index contributed by atoms with van der Waals surface area (Å²) in [6, 6.07) is 5.44. The van der Waals surface area contributed by atoms with Gasteiger partial charge in [-0.1, -0.05) is 6.07 Å². The number of alkyl halides is 1. The first-order chi connectivity index (χ1) is 9.15. The summed E-state index contributed by atoms with van der Waals surface area (Å²) in [5.41, 5.74) is 1.67. The summed E-state index contributed by atoms with van der Waals surface area (Å²) in [6.45, 7) is 1.72. The van der Waals surface area contributed by atoms with Crippen LogP contribution in [0.3, 0.4) is 0 Å². The van der Waals surface area contributed by atoms with E-state index < -0.39 is 12.3 Å². The van der Waals surface area contributed by atoms with Crippen LogP contribution in [0.2, 0.25) is 0 Å². The number of ether oxygens (including phenoxy) is 1. The average Bonchev–Trinajstić information content (AvgIpc) is 2.68. The van der Waals surface area contributed by atoms with Crippen LogP contribution in [0, 0.1) is 0 Å². The van der Waals surface area contributed by atoms with Crippen LogP contribution in [0.15, 0.2) is 18.2 Å². The molecule has 102 valence electrons. The van der Waals surface area contributed by atoms with Crippen LogP contribution >= 0.6 is 0 Å². The van der Waals surface area contributed by atoms with Gasteiger partial charge in [0.25, 0.3) is 5.91 Å². The Morgan fingerprint density at radius 3 is 3.11 bits per heavy atom. The fraction of sp³-hybridized carbons (Fsp3) is 0.500. The second-order valence-corrected chi connectivity index (χ2v) is 5.15. The third-order valence-corrected chi connectivity index (χ3v) is 3.70. The van der Waals surface area contributed by atoms with Gasteiger partial charge in [0.1, 0.15) is 18.0 Å². The SMILES string of the molecule is CN1Cc2ccc(O[C@@H]3CCNC[C@@H]3F)cc2C1=O. The number of fused-ring (bicyclic) bond motifs is 1. The molecule has 19 heavy (non-hydrogen) atoms. The lowest BCUT2D eigenvalue weighted by molar-refractivity contribution is 0.0728. The second kappa shape index (κ2) is 4.81. The van der Waals surface area contributed by atoms with Gasteiger partial charge in [-0.15, -0.1) is 0 Å². The number of hydrogen-bond donors (Lipinski definition) is 1. The number of rotatable bonds is 2. The normalized spacial score (nSPS) is 26.4. The second-order valence-electron chi connectivity index (χ2n) is 5.15. The highest BCUT2D eigenvalue weighted by molar-refractivity contribution is 5.98. The van der Waals surface area contributed by atoms with Crippen LogP contribution in [0.5, 0.6) is 5.75 Å². The Balaban J connectivity index is 1.78. The van der Waals surface area contributed by atoms with E-state index in [-0.39, 0.29) is 5.91 Å². The number of carbonyl (C=O) groups excluding carboxylic acids is 1. The molecule has 5 heteroatoms. The summed E-state index contributed by atoms with van der Waals surface area (Å²) in [7, 11) is 1.77. The highest BCUT2D eigenvalue weighted by Gasteiger charge is 2.28. The van der Waals surface area contributed by atoms with E-state index in [1.807, 2.05) is 12.1 Å². The molecule has 1 amide bonds. The Bertz CT molecular complexity index is 506. The zero-order valence-electron chi connectivity index (χ0n) is 10.9. The lowest BCUT2D eigenvalue weighted by Gasteiger charge is -2.27. The molecule has 0 unspecified atom stereocenters. The molecule has 0 radical (unpaired) electrons. The topological polar surface area (TPSA) is 41.6 Å². The maximum absolute atomic E-state index is 13.7. The van der Waals surface area contributed by atoms with Gasteiger partial charge in [0, 0.05) is 25.7 Å². The van der Waals surface area contributed by atoms with Crippen molar-refractivity contribution in [1.29, 1.82) is 0 Å². The number of nitrogens with zero attached hydrogens (tertiary/aromatic N) is 1. The molecule has 0 aromatic heterocycles. The van der Waals surface area contributed by atoms with Gasteiger partial charge in [-0.25, -0.2) is 4.39 Å². The quantitative estimate of drug-likeness (QED) is 0.876. The van der Waals surface area contributed by atoms with Crippen molar-refractivity contribution in [3.63, 3.8) is 0 Å². The molecule has 1 N–H and O–H groups in total. The molecule has 4 nitrogen and oxygen atoms in total. The molecule has 2 aliphatic heterocycles. The van der Waals surface area contributed by atoms with E-state index in [0.717, 1.165) is 12.1 Å². The number of benzene rings is 1. The van der Waals surface area contributed by atoms with Crippen LogP contribution < -0.4 is 10.1 Å². The molecule has 0 bridgehead atoms. The number of piperidine rings is 1. The van der Waals surface area contributed by atoms with Crippen LogP contribution in [-0.2, 0) is 6.54 Å². The number of nitrogens with one attached hydrogen (secondary N) is 1. The van der Waals surface area contributed by atoms with Gasteiger partial charge in [-0.05, 0) is 30.7 Å². The van der Waals surface area contributed by atoms with Crippen molar-refractivity contribution in [2.24, 2.45) is 0 Å². The zero-order chi connectivity index (χ0) is 13.4. The largest absolute Gasteiger partial charge is 0.487 e. The molecule has 2 aliphatic rings. The average molecular weight is 264 g/mol. The minimum Gasteiger partial charge on any atom is -0.487 e. The van der Waals surface area contributed by atoms with Crippen LogP contribution in [-0.4, -0.2) is 43.2 Å². The summed E-state index contributed by atoms with van der Waals surface area (Å²) in [5.74, 6) is 0.583. The van der Waals surface area contributed by atoms with E-state index in [9.17, 15) is 9.18 Å². The standard InChI is InChI=1S/C14H17FN2O2/c1-17-8-9-2-3-10(6-11(9)14(17)18)19-13-4-5-16-7-12(13)15/h2-3,6,12-13,16H,4-5,7-8H2,1H3/t12-,13+/m0/s1. The Hall–Kier alpha value is -1.62. The summed E-state index contributed by atoms with van der Waals surface area (Å²) in [5, 5.41) is 2.99. The van der Waals surface area contributed by atoms with E-state index in [4.69, 9.17) is 4.74 Å². The number of halogens is 1. The molecule has 2 atom stereocenters. The minimum absolute atomic E-state index is 0.00237. The zero-order valence-corrected chi connectivity index (χ0v) is 10.9. The highest BCUT2D eigenvalue weighted by atomic mass is 19.1. The highest BCUT2D eigenvalue weighted by Crippen LogP contribution is 2.27. The third kappa shape index (κ3) is 2.30. The molecule has 1 aromatic rings. The predicted molar refractivity (Wildman–Crippen MR) is 69.0 cm³/mol. The fourth-order valence-corrected chi connectivity index (χ4v) is 2.60. The van der Waals surface area contributed by atoms with Crippen molar-refractivity contribution < 1.29 is 13.9 Å². The van der Waals surface area contributed by atoms with Gasteiger partial charge in [0.15, 0.2) is 0 Å². The number of carbonyl (C=O) groups is 1. The van der Waals surface area contributed by atoms with Gasteiger partial charge >= 0.3 is 0 Å². The smallest absolute Gasteiger partial charge is 0.254 e.